The summed E-state index contributed by atoms with van der Waals surface area (Å²) in [4.78, 5) is 31.6. The van der Waals surface area contributed by atoms with Gasteiger partial charge in [-0.05, 0) is 43.5 Å². The average molecular weight is 487 g/mol. The zero-order valence-electron chi connectivity index (χ0n) is 20.7. The molecule has 1 fully saturated rings. The molecule has 0 amide bonds. The Kier molecular flexibility index (Phi) is 5.76. The van der Waals surface area contributed by atoms with Crippen LogP contribution in [0.3, 0.4) is 0 Å². The molecule has 0 saturated heterocycles. The van der Waals surface area contributed by atoms with Gasteiger partial charge < -0.3 is 14.0 Å². The van der Waals surface area contributed by atoms with Crippen LogP contribution in [0, 0.1) is 0 Å². The number of hydrogen-bond donors (Lipinski definition) is 0. The van der Waals surface area contributed by atoms with Crippen molar-refractivity contribution in [1.82, 2.24) is 18.5 Å². The van der Waals surface area contributed by atoms with Crippen molar-refractivity contribution in [3.8, 4) is 0 Å². The van der Waals surface area contributed by atoms with Crippen LogP contribution in [0.15, 0.2) is 47.3 Å². The Labute approximate surface area is 208 Å². The lowest BCUT2D eigenvalue weighted by atomic mass is 9.95. The second-order valence-electron chi connectivity index (χ2n) is 9.63. The number of esters is 1. The number of carbonyl (C=O) groups is 1. The molecule has 5 aromatic rings. The third-order valence-electron chi connectivity index (χ3n) is 7.53. The number of aromatic nitrogens is 4. The van der Waals surface area contributed by atoms with Crippen molar-refractivity contribution in [2.75, 3.05) is 20.8 Å². The van der Waals surface area contributed by atoms with Gasteiger partial charge in [0.15, 0.2) is 5.65 Å². The van der Waals surface area contributed by atoms with Gasteiger partial charge in [-0.15, -0.1) is 0 Å². The zero-order valence-corrected chi connectivity index (χ0v) is 20.7. The molecular formula is C28H30N4O4. The molecule has 0 N–H and O–H groups in total. The first-order valence-corrected chi connectivity index (χ1v) is 12.7. The molecule has 0 spiro atoms. The summed E-state index contributed by atoms with van der Waals surface area (Å²) in [5.41, 5.74) is 3.91. The fraction of sp³-hybridized carbons (Fsp3) is 0.393. The van der Waals surface area contributed by atoms with Gasteiger partial charge in [-0.2, -0.15) is 0 Å². The Bertz CT molecular complexity index is 1670. The first-order chi connectivity index (χ1) is 17.6. The van der Waals surface area contributed by atoms with Crippen molar-refractivity contribution < 1.29 is 14.3 Å². The average Bonchev–Trinajstić information content (AvgIpc) is 3.44. The maximum Gasteiger partial charge on any atom is 0.337 e. The molecule has 1 aliphatic carbocycles. The maximum atomic E-state index is 14.0. The van der Waals surface area contributed by atoms with Crippen molar-refractivity contribution in [1.29, 1.82) is 0 Å². The van der Waals surface area contributed by atoms with Crippen LogP contribution in [0.5, 0.6) is 0 Å². The van der Waals surface area contributed by atoms with Gasteiger partial charge in [0.2, 0.25) is 5.78 Å². The summed E-state index contributed by atoms with van der Waals surface area (Å²) in [7, 11) is 3.09. The predicted octanol–water partition coefficient (Wildman–Crippen LogP) is 5.09. The molecule has 0 unspecified atom stereocenters. The lowest BCUT2D eigenvalue weighted by Crippen LogP contribution is -2.27. The standard InChI is InChI=1S/C28H30N4O4/c1-35-16-8-15-30-22-14-13-18(27(34)36-2)17-23(22)32-25-24(29-28(30)32)20-11-6-7-12-21(20)26(33)31(25)19-9-4-3-5-10-19/h6-7,11-14,17,19H,3-5,8-10,15-16H2,1-2H3. The Morgan fingerprint density at radius 2 is 1.81 bits per heavy atom. The van der Waals surface area contributed by atoms with Crippen LogP contribution in [0.2, 0.25) is 0 Å². The van der Waals surface area contributed by atoms with E-state index in [1.165, 1.54) is 13.5 Å². The number of fused-ring (bicyclic) bond motifs is 7. The lowest BCUT2D eigenvalue weighted by Gasteiger charge is -2.25. The molecule has 0 bridgehead atoms. The highest BCUT2D eigenvalue weighted by atomic mass is 16.5. The van der Waals surface area contributed by atoms with Crippen LogP contribution in [0.25, 0.3) is 38.7 Å². The minimum Gasteiger partial charge on any atom is -0.465 e. The molecule has 6 rings (SSSR count). The van der Waals surface area contributed by atoms with Gasteiger partial charge in [0.1, 0.15) is 5.52 Å². The van der Waals surface area contributed by atoms with Crippen molar-refractivity contribution >= 4 is 44.7 Å². The number of rotatable bonds is 6. The Morgan fingerprint density at radius 1 is 1.03 bits per heavy atom. The summed E-state index contributed by atoms with van der Waals surface area (Å²) in [6.07, 6.45) is 6.18. The molecule has 1 aliphatic rings. The van der Waals surface area contributed by atoms with E-state index in [2.05, 4.69) is 8.97 Å². The van der Waals surface area contributed by atoms with Gasteiger partial charge in [-0.1, -0.05) is 37.5 Å². The summed E-state index contributed by atoms with van der Waals surface area (Å²) >= 11 is 0. The SMILES string of the molecule is COCCCn1c2ccc(C(=O)OC)cc2n2c3c(nc12)c1ccccc1c(=O)n3C1CCCCC1. The lowest BCUT2D eigenvalue weighted by molar-refractivity contribution is 0.0601. The summed E-state index contributed by atoms with van der Waals surface area (Å²) < 4.78 is 16.5. The number of hydrogen-bond acceptors (Lipinski definition) is 5. The van der Waals surface area contributed by atoms with Crippen LogP contribution >= 0.6 is 0 Å². The zero-order chi connectivity index (χ0) is 24.8. The van der Waals surface area contributed by atoms with Crippen LogP contribution < -0.4 is 5.56 Å². The number of pyridine rings is 1. The molecule has 0 atom stereocenters. The molecule has 186 valence electrons. The summed E-state index contributed by atoms with van der Waals surface area (Å²) in [6.45, 7) is 1.33. The van der Waals surface area contributed by atoms with Gasteiger partial charge in [0.05, 0.1) is 23.7 Å². The van der Waals surface area contributed by atoms with E-state index in [0.717, 1.165) is 65.5 Å². The molecule has 8 nitrogen and oxygen atoms in total. The van der Waals surface area contributed by atoms with Gasteiger partial charge in [-0.25, -0.2) is 9.78 Å². The fourth-order valence-corrected chi connectivity index (χ4v) is 5.86. The number of nitrogens with zero attached hydrogens (tertiary/aromatic N) is 4. The van der Waals surface area contributed by atoms with Crippen LogP contribution in [-0.4, -0.2) is 45.3 Å². The highest BCUT2D eigenvalue weighted by molar-refractivity contribution is 6.05. The largest absolute Gasteiger partial charge is 0.465 e. The highest BCUT2D eigenvalue weighted by Gasteiger charge is 2.26. The molecule has 0 aliphatic heterocycles. The molecule has 0 radical (unpaired) electrons. The third kappa shape index (κ3) is 3.43. The van der Waals surface area contributed by atoms with Gasteiger partial charge in [-0.3, -0.25) is 13.8 Å². The van der Waals surface area contributed by atoms with Gasteiger partial charge in [0, 0.05) is 37.1 Å². The first-order valence-electron chi connectivity index (χ1n) is 12.7. The van der Waals surface area contributed by atoms with Gasteiger partial charge in [0.25, 0.3) is 5.56 Å². The molecule has 8 heteroatoms. The summed E-state index contributed by atoms with van der Waals surface area (Å²) in [6, 6.07) is 13.5. The van der Waals surface area contributed by atoms with Crippen LogP contribution in [0.4, 0.5) is 0 Å². The van der Waals surface area contributed by atoms with E-state index in [-0.39, 0.29) is 11.6 Å². The topological polar surface area (TPSA) is 79.8 Å². The molecule has 2 aromatic carbocycles. The third-order valence-corrected chi connectivity index (χ3v) is 7.53. The minimum absolute atomic E-state index is 0.0243. The van der Waals surface area contributed by atoms with E-state index in [4.69, 9.17) is 14.5 Å². The Balaban J connectivity index is 1.77. The highest BCUT2D eigenvalue weighted by Crippen LogP contribution is 2.35. The predicted molar refractivity (Wildman–Crippen MR) is 140 cm³/mol. The normalized spacial score (nSPS) is 14.9. The number of carbonyl (C=O) groups excluding carboxylic acids is 1. The quantitative estimate of drug-likeness (QED) is 0.247. The van der Waals surface area contributed by atoms with E-state index in [9.17, 15) is 9.59 Å². The van der Waals surface area contributed by atoms with Gasteiger partial charge >= 0.3 is 5.97 Å². The van der Waals surface area contributed by atoms with Crippen molar-refractivity contribution in [2.24, 2.45) is 0 Å². The summed E-state index contributed by atoms with van der Waals surface area (Å²) in [5, 5.41) is 1.55. The van der Waals surface area contributed by atoms with Crippen LogP contribution in [0.1, 0.15) is 54.9 Å². The molecule has 3 aromatic heterocycles. The summed E-state index contributed by atoms with van der Waals surface area (Å²) in [5.74, 6) is 0.371. The second-order valence-corrected chi connectivity index (χ2v) is 9.63. The van der Waals surface area contributed by atoms with E-state index in [0.29, 0.717) is 24.1 Å². The fourth-order valence-electron chi connectivity index (χ4n) is 5.86. The van der Waals surface area contributed by atoms with Crippen molar-refractivity contribution in [3.05, 3.63) is 58.4 Å². The van der Waals surface area contributed by atoms with E-state index < -0.39 is 5.97 Å². The second kappa shape index (κ2) is 9.09. The smallest absolute Gasteiger partial charge is 0.337 e. The Morgan fingerprint density at radius 3 is 2.56 bits per heavy atom. The molecular weight excluding hydrogens is 456 g/mol. The molecule has 1 saturated carbocycles. The first kappa shape index (κ1) is 22.8. The van der Waals surface area contributed by atoms with E-state index in [1.54, 1.807) is 13.2 Å². The molecule has 3 heterocycles. The number of methoxy groups -OCH3 is 2. The number of aryl methyl sites for hydroxylation is 1. The van der Waals surface area contributed by atoms with E-state index >= 15 is 0 Å². The minimum atomic E-state index is -0.392. The molecule has 36 heavy (non-hydrogen) atoms. The maximum absolute atomic E-state index is 14.0. The number of imidazole rings is 2. The van der Waals surface area contributed by atoms with Crippen molar-refractivity contribution in [3.63, 3.8) is 0 Å². The van der Waals surface area contributed by atoms with E-state index in [1.807, 2.05) is 41.0 Å². The number of benzene rings is 2. The van der Waals surface area contributed by atoms with Crippen LogP contribution in [-0.2, 0) is 16.0 Å². The monoisotopic (exact) mass is 486 g/mol. The Hall–Kier alpha value is -3.65. The number of ether oxygens (including phenoxy) is 2. The van der Waals surface area contributed by atoms with Crippen molar-refractivity contribution in [2.45, 2.75) is 51.1 Å².